The molecule has 0 bridgehead atoms. The van der Waals surface area contributed by atoms with E-state index in [0.717, 1.165) is 6.07 Å². The van der Waals surface area contributed by atoms with Gasteiger partial charge in [-0.15, -0.1) is 0 Å². The van der Waals surface area contributed by atoms with E-state index >= 15 is 0 Å². The smallest absolute Gasteiger partial charge is 0.377 e. The molecule has 0 radical (unpaired) electrons. The van der Waals surface area contributed by atoms with Gasteiger partial charge in [-0.3, -0.25) is 0 Å². The van der Waals surface area contributed by atoms with Crippen molar-refractivity contribution in [2.45, 2.75) is 25.1 Å². The summed E-state index contributed by atoms with van der Waals surface area (Å²) in [6.07, 6.45) is -4.18. The summed E-state index contributed by atoms with van der Waals surface area (Å²) in [4.78, 5) is 0. The molecule has 0 saturated carbocycles. The van der Waals surface area contributed by atoms with E-state index in [1.807, 2.05) is 0 Å². The van der Waals surface area contributed by atoms with E-state index in [2.05, 4.69) is 0 Å². The summed E-state index contributed by atoms with van der Waals surface area (Å²) in [6.45, 7) is 0. The predicted molar refractivity (Wildman–Crippen MR) is 49.5 cm³/mol. The van der Waals surface area contributed by atoms with Crippen molar-refractivity contribution in [1.82, 2.24) is 0 Å². The number of benzene rings is 1. The van der Waals surface area contributed by atoms with Crippen molar-refractivity contribution in [1.29, 1.82) is 0 Å². The van der Waals surface area contributed by atoms with Gasteiger partial charge in [0.2, 0.25) is 0 Å². The summed E-state index contributed by atoms with van der Waals surface area (Å²) >= 11 is 0. The van der Waals surface area contributed by atoms with Crippen LogP contribution in [0.25, 0.3) is 0 Å². The zero-order valence-corrected chi connectivity index (χ0v) is 8.57. The summed E-state index contributed by atoms with van der Waals surface area (Å²) in [7, 11) is 1.41. The minimum Gasteiger partial charge on any atom is -0.377 e. The first-order chi connectivity index (χ1) is 7.43. The third-order valence-electron chi connectivity index (χ3n) is 2.84. The van der Waals surface area contributed by atoms with Crippen LogP contribution in [0, 0.1) is 5.82 Å². The quantitative estimate of drug-likeness (QED) is 0.676. The Morgan fingerprint density at radius 3 is 2.56 bits per heavy atom. The van der Waals surface area contributed by atoms with E-state index in [9.17, 15) is 17.6 Å². The molecule has 2 rings (SSSR count). The highest BCUT2D eigenvalue weighted by Gasteiger charge is 2.38. The molecule has 16 heavy (non-hydrogen) atoms. The second-order valence-corrected chi connectivity index (χ2v) is 3.78. The van der Waals surface area contributed by atoms with Crippen molar-refractivity contribution in [3.63, 3.8) is 0 Å². The monoisotopic (exact) mass is 234 g/mol. The molecule has 0 heterocycles. The van der Waals surface area contributed by atoms with Gasteiger partial charge >= 0.3 is 6.18 Å². The molecule has 0 fully saturated rings. The lowest BCUT2D eigenvalue weighted by Gasteiger charge is -2.14. The fourth-order valence-corrected chi connectivity index (χ4v) is 2.15. The summed E-state index contributed by atoms with van der Waals surface area (Å²) in [5, 5.41) is 0. The lowest BCUT2D eigenvalue weighted by Crippen LogP contribution is -2.10. The normalized spacial score (nSPS) is 19.9. The van der Waals surface area contributed by atoms with E-state index in [1.165, 1.54) is 7.11 Å². The van der Waals surface area contributed by atoms with Crippen LogP contribution in [-0.4, -0.2) is 7.11 Å². The molecule has 1 nitrogen and oxygen atoms in total. The number of fused-ring (bicyclic) bond motifs is 1. The Kier molecular flexibility index (Phi) is 2.66. The number of ether oxygens (including phenoxy) is 1. The van der Waals surface area contributed by atoms with Crippen LogP contribution in [0.5, 0.6) is 0 Å². The van der Waals surface area contributed by atoms with E-state index in [0.29, 0.717) is 18.1 Å². The summed E-state index contributed by atoms with van der Waals surface area (Å²) in [5.41, 5.74) is -0.377. The number of alkyl halides is 3. The van der Waals surface area contributed by atoms with Gasteiger partial charge in [-0.1, -0.05) is 0 Å². The Bertz CT molecular complexity index is 411. The zero-order valence-electron chi connectivity index (χ0n) is 8.57. The van der Waals surface area contributed by atoms with Crippen LogP contribution >= 0.6 is 0 Å². The Morgan fingerprint density at radius 1 is 1.31 bits per heavy atom. The van der Waals surface area contributed by atoms with Crippen molar-refractivity contribution in [2.24, 2.45) is 0 Å². The van der Waals surface area contributed by atoms with Crippen LogP contribution in [-0.2, 0) is 17.3 Å². The van der Waals surface area contributed by atoms with Crippen molar-refractivity contribution in [3.05, 3.63) is 34.6 Å². The maximum absolute atomic E-state index is 13.1. The highest BCUT2D eigenvalue weighted by atomic mass is 19.4. The van der Waals surface area contributed by atoms with E-state index in [1.54, 1.807) is 0 Å². The third-order valence-corrected chi connectivity index (χ3v) is 2.84. The second-order valence-electron chi connectivity index (χ2n) is 3.78. The Balaban J connectivity index is 2.57. The van der Waals surface area contributed by atoms with Crippen molar-refractivity contribution in [2.75, 3.05) is 7.11 Å². The molecule has 1 aliphatic rings. The fourth-order valence-electron chi connectivity index (χ4n) is 2.15. The molecular formula is C11H10F4O. The molecule has 1 unspecified atom stereocenters. The predicted octanol–water partition coefficient (Wildman–Crippen LogP) is 3.48. The molecule has 1 aliphatic carbocycles. The van der Waals surface area contributed by atoms with Crippen LogP contribution in [0.1, 0.15) is 29.2 Å². The van der Waals surface area contributed by atoms with Gasteiger partial charge in [-0.25, -0.2) is 4.39 Å². The molecular weight excluding hydrogens is 224 g/mol. The molecule has 0 aromatic heterocycles. The lowest BCUT2D eigenvalue weighted by atomic mass is 10.0. The number of hydrogen-bond donors (Lipinski definition) is 0. The van der Waals surface area contributed by atoms with Gasteiger partial charge in [-0.05, 0) is 36.1 Å². The molecule has 0 amide bonds. The van der Waals surface area contributed by atoms with E-state index < -0.39 is 23.7 Å². The molecule has 0 spiro atoms. The minimum atomic E-state index is -4.51. The molecule has 0 N–H and O–H groups in total. The van der Waals surface area contributed by atoms with Gasteiger partial charge in [0.15, 0.2) is 0 Å². The van der Waals surface area contributed by atoms with Gasteiger partial charge < -0.3 is 4.74 Å². The maximum Gasteiger partial charge on any atom is 0.416 e. The number of hydrogen-bond acceptors (Lipinski definition) is 1. The topological polar surface area (TPSA) is 9.23 Å². The van der Waals surface area contributed by atoms with E-state index in [-0.39, 0.29) is 12.0 Å². The fraction of sp³-hybridized carbons (Fsp3) is 0.455. The first-order valence-corrected chi connectivity index (χ1v) is 4.86. The largest absolute Gasteiger partial charge is 0.416 e. The molecule has 1 aromatic rings. The molecule has 1 atom stereocenters. The highest BCUT2D eigenvalue weighted by Crippen LogP contribution is 2.42. The highest BCUT2D eigenvalue weighted by molar-refractivity contribution is 5.42. The number of methoxy groups -OCH3 is 1. The zero-order chi connectivity index (χ0) is 11.9. The van der Waals surface area contributed by atoms with E-state index in [4.69, 9.17) is 4.74 Å². The first-order valence-electron chi connectivity index (χ1n) is 4.86. The van der Waals surface area contributed by atoms with Gasteiger partial charge in [0.1, 0.15) is 5.82 Å². The minimum absolute atomic E-state index is 0.167. The van der Waals surface area contributed by atoms with Gasteiger partial charge in [0, 0.05) is 7.11 Å². The van der Waals surface area contributed by atoms with Crippen LogP contribution in [0.15, 0.2) is 12.1 Å². The third kappa shape index (κ3) is 1.80. The van der Waals surface area contributed by atoms with Gasteiger partial charge in [0.05, 0.1) is 11.7 Å². The van der Waals surface area contributed by atoms with Crippen LogP contribution in [0.4, 0.5) is 17.6 Å². The second kappa shape index (κ2) is 3.73. The van der Waals surface area contributed by atoms with Crippen LogP contribution in [0.2, 0.25) is 0 Å². The lowest BCUT2D eigenvalue weighted by molar-refractivity contribution is -0.138. The van der Waals surface area contributed by atoms with Crippen molar-refractivity contribution >= 4 is 0 Å². The Hall–Kier alpha value is -1.10. The number of rotatable bonds is 1. The number of halogens is 4. The van der Waals surface area contributed by atoms with Crippen molar-refractivity contribution < 1.29 is 22.3 Å². The van der Waals surface area contributed by atoms with Gasteiger partial charge in [0.25, 0.3) is 0 Å². The molecule has 88 valence electrons. The first kappa shape index (κ1) is 11.4. The SMILES string of the molecule is COC1CCc2c1cc(F)cc2C(F)(F)F. The van der Waals surface area contributed by atoms with Crippen molar-refractivity contribution in [3.8, 4) is 0 Å². The van der Waals surface area contributed by atoms with Crippen LogP contribution in [0.3, 0.4) is 0 Å². The Morgan fingerprint density at radius 2 is 2.00 bits per heavy atom. The molecule has 1 aromatic carbocycles. The molecule has 5 heteroatoms. The summed E-state index contributed by atoms with van der Waals surface area (Å²) < 4.78 is 56.1. The standard InChI is InChI=1S/C11H10F4O/c1-16-10-3-2-7-8(10)4-6(12)5-9(7)11(13,14)15/h4-5,10H,2-3H2,1H3. The summed E-state index contributed by atoms with van der Waals surface area (Å²) in [6, 6.07) is 1.68. The molecule has 0 saturated heterocycles. The average molecular weight is 234 g/mol. The van der Waals surface area contributed by atoms with Crippen LogP contribution < -0.4 is 0 Å². The molecule has 0 aliphatic heterocycles. The van der Waals surface area contributed by atoms with Gasteiger partial charge in [-0.2, -0.15) is 13.2 Å². The Labute approximate surface area is 90.0 Å². The summed E-state index contributed by atoms with van der Waals surface area (Å²) in [5.74, 6) is -0.866. The average Bonchev–Trinajstić information content (AvgIpc) is 2.57. The maximum atomic E-state index is 13.1.